The zero-order valence-electron chi connectivity index (χ0n) is 7.47. The fourth-order valence-corrected chi connectivity index (χ4v) is 0.300. The molecular formula is C7H16N2O2. The van der Waals surface area contributed by atoms with Crippen LogP contribution in [0.2, 0.25) is 0 Å². The lowest BCUT2D eigenvalue weighted by atomic mass is 9.98. The van der Waals surface area contributed by atoms with Gasteiger partial charge < -0.3 is 10.6 Å². The molecular weight excluding hydrogens is 144 g/mol. The number of rotatable bonds is 2. The smallest absolute Gasteiger partial charge is 0.330 e. The van der Waals surface area contributed by atoms with E-state index in [0.717, 1.165) is 0 Å². The van der Waals surface area contributed by atoms with E-state index in [2.05, 4.69) is 10.3 Å². The van der Waals surface area contributed by atoms with Crippen molar-refractivity contribution in [2.24, 2.45) is 11.1 Å². The lowest BCUT2D eigenvalue weighted by molar-refractivity contribution is -0.162. The fourth-order valence-electron chi connectivity index (χ4n) is 0.300. The highest BCUT2D eigenvalue weighted by molar-refractivity contribution is 5.75. The Morgan fingerprint density at radius 3 is 2.27 bits per heavy atom. The van der Waals surface area contributed by atoms with Crippen molar-refractivity contribution in [1.29, 1.82) is 0 Å². The van der Waals surface area contributed by atoms with Gasteiger partial charge in [-0.25, -0.2) is 4.79 Å². The minimum atomic E-state index is -0.484. The Balaban J connectivity index is 3.71. The maximum absolute atomic E-state index is 11.0. The summed E-state index contributed by atoms with van der Waals surface area (Å²) in [5.74, 6) is -0.310. The molecule has 0 aliphatic rings. The number of hydrogen-bond donors (Lipinski definition) is 2. The molecule has 4 nitrogen and oxygen atoms in total. The number of hydrogen-bond acceptors (Lipinski definition) is 4. The second-order valence-electron chi connectivity index (χ2n) is 3.55. The quantitative estimate of drug-likeness (QED) is 0.453. The summed E-state index contributed by atoms with van der Waals surface area (Å²) in [6.07, 6.45) is -0.332. The third kappa shape index (κ3) is 4.75. The van der Waals surface area contributed by atoms with Crippen molar-refractivity contribution < 1.29 is 9.63 Å². The molecule has 1 unspecified atom stereocenters. The molecule has 0 heterocycles. The SMILES string of the molecule is CC(N)NOC(=O)C(C)(C)C. The van der Waals surface area contributed by atoms with E-state index in [0.29, 0.717) is 0 Å². The van der Waals surface area contributed by atoms with E-state index in [4.69, 9.17) is 5.73 Å². The molecule has 3 N–H and O–H groups in total. The van der Waals surface area contributed by atoms with Gasteiger partial charge in [-0.05, 0) is 27.7 Å². The molecule has 0 radical (unpaired) electrons. The van der Waals surface area contributed by atoms with Gasteiger partial charge in [-0.2, -0.15) is 0 Å². The minimum absolute atomic E-state index is 0.310. The molecule has 0 saturated carbocycles. The Kier molecular flexibility index (Phi) is 3.48. The molecule has 66 valence electrons. The summed E-state index contributed by atoms with van der Waals surface area (Å²) in [5, 5.41) is 0. The maximum atomic E-state index is 11.0. The average molecular weight is 160 g/mol. The van der Waals surface area contributed by atoms with Crippen LogP contribution < -0.4 is 11.2 Å². The lowest BCUT2D eigenvalue weighted by Crippen LogP contribution is -2.39. The molecule has 0 saturated heterocycles. The van der Waals surface area contributed by atoms with Gasteiger partial charge in [0.15, 0.2) is 0 Å². The first-order chi connectivity index (χ1) is 4.84. The summed E-state index contributed by atoms with van der Waals surface area (Å²) in [6.45, 7) is 7.02. The second kappa shape index (κ2) is 3.69. The average Bonchev–Trinajstić information content (AvgIpc) is 1.80. The summed E-state index contributed by atoms with van der Waals surface area (Å²) in [6, 6.07) is 0. The van der Waals surface area contributed by atoms with Crippen LogP contribution in [0.15, 0.2) is 0 Å². The highest BCUT2D eigenvalue weighted by Crippen LogP contribution is 2.13. The minimum Gasteiger partial charge on any atom is -0.369 e. The number of nitrogens with two attached hydrogens (primary N) is 1. The van der Waals surface area contributed by atoms with Crippen LogP contribution in [0.25, 0.3) is 0 Å². The molecule has 0 rings (SSSR count). The standard InChI is InChI=1S/C7H16N2O2/c1-5(8)9-11-6(10)7(2,3)4/h5,9H,8H2,1-4H3. The molecule has 0 fully saturated rings. The van der Waals surface area contributed by atoms with E-state index >= 15 is 0 Å². The van der Waals surface area contributed by atoms with Crippen molar-refractivity contribution in [3.8, 4) is 0 Å². The van der Waals surface area contributed by atoms with E-state index < -0.39 is 5.41 Å². The van der Waals surface area contributed by atoms with Crippen molar-refractivity contribution in [3.05, 3.63) is 0 Å². The van der Waals surface area contributed by atoms with Crippen molar-refractivity contribution in [2.45, 2.75) is 33.9 Å². The van der Waals surface area contributed by atoms with Gasteiger partial charge in [0.05, 0.1) is 11.6 Å². The normalized spacial score (nSPS) is 14.3. The van der Waals surface area contributed by atoms with Crippen molar-refractivity contribution >= 4 is 5.97 Å². The Hall–Kier alpha value is -0.610. The van der Waals surface area contributed by atoms with Gasteiger partial charge in [0.1, 0.15) is 0 Å². The molecule has 11 heavy (non-hydrogen) atoms. The highest BCUT2D eigenvalue weighted by atomic mass is 16.7. The van der Waals surface area contributed by atoms with E-state index in [1.165, 1.54) is 0 Å². The third-order valence-corrected chi connectivity index (χ3v) is 0.950. The Labute approximate surface area is 67.0 Å². The molecule has 1 atom stereocenters. The Morgan fingerprint density at radius 2 is 2.00 bits per heavy atom. The van der Waals surface area contributed by atoms with Gasteiger partial charge >= 0.3 is 5.97 Å². The summed E-state index contributed by atoms with van der Waals surface area (Å²) in [4.78, 5) is 15.7. The van der Waals surface area contributed by atoms with Crippen LogP contribution in [0.1, 0.15) is 27.7 Å². The summed E-state index contributed by atoms with van der Waals surface area (Å²) >= 11 is 0. The monoisotopic (exact) mass is 160 g/mol. The predicted octanol–water partition coefficient (Wildman–Crippen LogP) is 0.385. The molecule has 0 amide bonds. The van der Waals surface area contributed by atoms with Crippen LogP contribution in [0.3, 0.4) is 0 Å². The largest absolute Gasteiger partial charge is 0.369 e. The van der Waals surface area contributed by atoms with Crippen molar-refractivity contribution in [1.82, 2.24) is 5.48 Å². The molecule has 0 aliphatic heterocycles. The molecule has 0 aliphatic carbocycles. The van der Waals surface area contributed by atoms with Crippen LogP contribution in [-0.4, -0.2) is 12.1 Å². The van der Waals surface area contributed by atoms with Gasteiger partial charge in [0.2, 0.25) is 0 Å². The fraction of sp³-hybridized carbons (Fsp3) is 0.857. The van der Waals surface area contributed by atoms with E-state index in [-0.39, 0.29) is 12.1 Å². The molecule has 0 spiro atoms. The van der Waals surface area contributed by atoms with Gasteiger partial charge in [-0.15, -0.1) is 5.48 Å². The number of carbonyl (C=O) groups excluding carboxylic acids is 1. The third-order valence-electron chi connectivity index (χ3n) is 0.950. The van der Waals surface area contributed by atoms with Crippen LogP contribution in [0.4, 0.5) is 0 Å². The van der Waals surface area contributed by atoms with E-state index in [1.807, 2.05) is 0 Å². The summed E-state index contributed by atoms with van der Waals surface area (Å²) < 4.78 is 0. The molecule has 0 aromatic heterocycles. The first kappa shape index (κ1) is 10.4. The highest BCUT2D eigenvalue weighted by Gasteiger charge is 2.23. The second-order valence-corrected chi connectivity index (χ2v) is 3.55. The van der Waals surface area contributed by atoms with Crippen LogP contribution in [0, 0.1) is 5.41 Å². The Bertz CT molecular complexity index is 138. The molecule has 0 bridgehead atoms. The number of nitrogens with one attached hydrogen (secondary N) is 1. The van der Waals surface area contributed by atoms with E-state index in [1.54, 1.807) is 27.7 Å². The molecule has 0 aromatic carbocycles. The summed E-state index contributed by atoms with van der Waals surface area (Å²) in [5.41, 5.74) is 7.19. The molecule has 4 heteroatoms. The summed E-state index contributed by atoms with van der Waals surface area (Å²) in [7, 11) is 0. The van der Waals surface area contributed by atoms with Gasteiger partial charge in [-0.3, -0.25) is 0 Å². The zero-order valence-corrected chi connectivity index (χ0v) is 7.47. The van der Waals surface area contributed by atoms with Gasteiger partial charge in [-0.1, -0.05) is 0 Å². The predicted molar refractivity (Wildman–Crippen MR) is 42.3 cm³/mol. The van der Waals surface area contributed by atoms with Crippen molar-refractivity contribution in [2.75, 3.05) is 0 Å². The first-order valence-corrected chi connectivity index (χ1v) is 3.56. The number of carbonyl (C=O) groups is 1. The topological polar surface area (TPSA) is 64.3 Å². The van der Waals surface area contributed by atoms with Crippen molar-refractivity contribution in [3.63, 3.8) is 0 Å². The zero-order chi connectivity index (χ0) is 9.07. The van der Waals surface area contributed by atoms with Gasteiger partial charge in [0.25, 0.3) is 0 Å². The number of hydroxylamine groups is 1. The van der Waals surface area contributed by atoms with Crippen LogP contribution >= 0.6 is 0 Å². The van der Waals surface area contributed by atoms with Crippen LogP contribution in [-0.2, 0) is 9.63 Å². The van der Waals surface area contributed by atoms with E-state index in [9.17, 15) is 4.79 Å². The van der Waals surface area contributed by atoms with Crippen LogP contribution in [0.5, 0.6) is 0 Å². The molecule has 0 aromatic rings. The maximum Gasteiger partial charge on any atom is 0.330 e. The first-order valence-electron chi connectivity index (χ1n) is 3.56. The lowest BCUT2D eigenvalue weighted by Gasteiger charge is -2.17. The van der Waals surface area contributed by atoms with Gasteiger partial charge in [0, 0.05) is 0 Å². The Morgan fingerprint density at radius 1 is 1.55 bits per heavy atom.